The number of esters is 1. The number of para-hydroxylation sites is 1. The van der Waals surface area contributed by atoms with Crippen LogP contribution in [0.15, 0.2) is 64.8 Å². The van der Waals surface area contributed by atoms with E-state index in [1.807, 2.05) is 6.07 Å². The monoisotopic (exact) mass is 493 g/mol. The van der Waals surface area contributed by atoms with E-state index in [4.69, 9.17) is 14.2 Å². The van der Waals surface area contributed by atoms with Crippen LogP contribution in [0.5, 0.6) is 11.5 Å². The Morgan fingerprint density at radius 2 is 1.80 bits per heavy atom. The fraction of sp³-hybridized carbons (Fsp3) is 0.200. The maximum Gasteiger partial charge on any atom is 0.359 e. The smallest absolute Gasteiger partial charge is 0.359 e. The molecule has 2 aromatic heterocycles. The minimum absolute atomic E-state index is 0.0254. The molecule has 35 heavy (non-hydrogen) atoms. The van der Waals surface area contributed by atoms with E-state index in [1.54, 1.807) is 67.8 Å². The lowest BCUT2D eigenvalue weighted by Gasteiger charge is -2.14. The zero-order valence-electron chi connectivity index (χ0n) is 19.3. The Labute approximate surface area is 204 Å². The predicted molar refractivity (Wildman–Crippen MR) is 133 cm³/mol. The van der Waals surface area contributed by atoms with Crippen molar-refractivity contribution in [2.45, 2.75) is 20.0 Å². The summed E-state index contributed by atoms with van der Waals surface area (Å²) < 4.78 is 17.1. The molecule has 4 rings (SSSR count). The quantitative estimate of drug-likeness (QED) is 0.369. The molecule has 180 valence electrons. The Bertz CT molecular complexity index is 1410. The molecule has 0 aliphatic carbocycles. The third-order valence-electron chi connectivity index (χ3n) is 5.10. The molecular formula is C25H23N3O6S. The van der Waals surface area contributed by atoms with Crippen molar-refractivity contribution < 1.29 is 23.8 Å². The van der Waals surface area contributed by atoms with E-state index in [-0.39, 0.29) is 22.7 Å². The molecule has 0 unspecified atom stereocenters. The summed E-state index contributed by atoms with van der Waals surface area (Å²) in [5.74, 6) is 0.0324. The minimum atomic E-state index is -0.829. The summed E-state index contributed by atoms with van der Waals surface area (Å²) in [6.07, 6.45) is -0.829. The number of ether oxygens (including phenoxy) is 3. The van der Waals surface area contributed by atoms with Crippen LogP contribution in [-0.2, 0) is 9.53 Å². The van der Waals surface area contributed by atoms with E-state index in [9.17, 15) is 14.4 Å². The maximum absolute atomic E-state index is 13.5. The van der Waals surface area contributed by atoms with Crippen LogP contribution < -0.4 is 20.3 Å². The van der Waals surface area contributed by atoms with Gasteiger partial charge in [0, 0.05) is 10.8 Å². The van der Waals surface area contributed by atoms with E-state index in [0.717, 1.165) is 16.0 Å². The van der Waals surface area contributed by atoms with Crippen molar-refractivity contribution >= 4 is 39.0 Å². The van der Waals surface area contributed by atoms with Gasteiger partial charge in [-0.15, -0.1) is 11.3 Å². The number of hydrogen-bond acceptors (Lipinski definition) is 8. The average molecular weight is 494 g/mol. The van der Waals surface area contributed by atoms with Gasteiger partial charge in [-0.25, -0.2) is 4.79 Å². The molecule has 1 N–H and O–H groups in total. The number of anilines is 1. The molecule has 0 saturated heterocycles. The summed E-state index contributed by atoms with van der Waals surface area (Å²) in [5.41, 5.74) is -0.0958. The second kappa shape index (κ2) is 10.4. The van der Waals surface area contributed by atoms with Crippen molar-refractivity contribution in [1.29, 1.82) is 0 Å². The molecule has 0 aliphatic heterocycles. The van der Waals surface area contributed by atoms with Crippen LogP contribution in [0.25, 0.3) is 16.5 Å². The first-order valence-electron chi connectivity index (χ1n) is 10.8. The minimum Gasteiger partial charge on any atom is -0.497 e. The number of fused-ring (bicyclic) bond motifs is 1. The number of thiophene rings is 1. The van der Waals surface area contributed by atoms with Crippen LogP contribution in [0, 0.1) is 0 Å². The van der Waals surface area contributed by atoms with E-state index < -0.39 is 23.5 Å². The Morgan fingerprint density at radius 3 is 2.46 bits per heavy atom. The number of carbonyl (C=O) groups is 2. The van der Waals surface area contributed by atoms with Gasteiger partial charge in [0.2, 0.25) is 0 Å². The highest BCUT2D eigenvalue weighted by molar-refractivity contribution is 7.16. The summed E-state index contributed by atoms with van der Waals surface area (Å²) in [6.45, 7) is 3.44. The van der Waals surface area contributed by atoms with Crippen LogP contribution in [-0.4, -0.2) is 41.5 Å². The van der Waals surface area contributed by atoms with Crippen LogP contribution in [0.3, 0.4) is 0 Å². The number of nitrogens with zero attached hydrogens (tertiary/aromatic N) is 2. The summed E-state index contributed by atoms with van der Waals surface area (Å²) in [5, 5.41) is 9.40. The Morgan fingerprint density at radius 1 is 1.09 bits per heavy atom. The lowest BCUT2D eigenvalue weighted by molar-refractivity contribution is -0.122. The van der Waals surface area contributed by atoms with Crippen LogP contribution in [0.4, 0.5) is 5.00 Å². The zero-order chi connectivity index (χ0) is 24.9. The number of aromatic nitrogens is 2. The number of amides is 1. The number of rotatable bonds is 8. The van der Waals surface area contributed by atoms with E-state index >= 15 is 0 Å². The molecule has 10 heteroatoms. The van der Waals surface area contributed by atoms with Gasteiger partial charge in [-0.3, -0.25) is 9.59 Å². The second-order valence-electron chi connectivity index (χ2n) is 7.40. The molecule has 0 radical (unpaired) electrons. The van der Waals surface area contributed by atoms with Gasteiger partial charge in [-0.2, -0.15) is 9.78 Å². The molecule has 4 aromatic rings. The highest BCUT2D eigenvalue weighted by Crippen LogP contribution is 2.31. The number of benzene rings is 2. The highest BCUT2D eigenvalue weighted by Gasteiger charge is 2.24. The molecule has 0 aliphatic rings. The third kappa shape index (κ3) is 5.02. The lowest BCUT2D eigenvalue weighted by atomic mass is 10.2. The standard InChI is InChI=1S/C25H23N3O6S/c1-4-33-25(31)21-19-14-35-23(26-22(29)15(2)34-18-8-6-5-7-9-18)20(19)24(30)28(27-21)16-10-12-17(32-3)13-11-16/h5-15H,4H2,1-3H3,(H,26,29)/t15-/m0/s1. The molecule has 2 heterocycles. The highest BCUT2D eigenvalue weighted by atomic mass is 32.1. The van der Waals surface area contributed by atoms with E-state index in [1.165, 1.54) is 7.11 Å². The summed E-state index contributed by atoms with van der Waals surface area (Å²) >= 11 is 1.12. The lowest BCUT2D eigenvalue weighted by Crippen LogP contribution is -2.31. The number of nitrogens with one attached hydrogen (secondary N) is 1. The van der Waals surface area contributed by atoms with Gasteiger partial charge in [0.1, 0.15) is 16.5 Å². The Kier molecular flexibility index (Phi) is 7.11. The van der Waals surface area contributed by atoms with Crippen molar-refractivity contribution in [1.82, 2.24) is 9.78 Å². The second-order valence-corrected chi connectivity index (χ2v) is 8.28. The molecule has 1 amide bonds. The van der Waals surface area contributed by atoms with Crippen molar-refractivity contribution in [2.24, 2.45) is 0 Å². The molecule has 0 fully saturated rings. The van der Waals surface area contributed by atoms with Crippen LogP contribution >= 0.6 is 11.3 Å². The molecule has 0 spiro atoms. The summed E-state index contributed by atoms with van der Waals surface area (Å²) in [4.78, 5) is 39.0. The van der Waals surface area contributed by atoms with Crippen molar-refractivity contribution in [2.75, 3.05) is 19.0 Å². The van der Waals surface area contributed by atoms with Crippen molar-refractivity contribution in [3.63, 3.8) is 0 Å². The number of methoxy groups -OCH3 is 1. The summed E-state index contributed by atoms with van der Waals surface area (Å²) in [7, 11) is 1.53. The van der Waals surface area contributed by atoms with E-state index in [2.05, 4.69) is 10.4 Å². The summed E-state index contributed by atoms with van der Waals surface area (Å²) in [6, 6.07) is 15.6. The van der Waals surface area contributed by atoms with E-state index in [0.29, 0.717) is 22.6 Å². The average Bonchev–Trinajstić information content (AvgIpc) is 3.29. The predicted octanol–water partition coefficient (Wildman–Crippen LogP) is 4.04. The molecule has 1 atom stereocenters. The van der Waals surface area contributed by atoms with Gasteiger partial charge in [0.25, 0.3) is 11.5 Å². The van der Waals surface area contributed by atoms with Crippen LogP contribution in [0.1, 0.15) is 24.3 Å². The topological polar surface area (TPSA) is 109 Å². The largest absolute Gasteiger partial charge is 0.497 e. The Hall–Kier alpha value is -4.18. The molecular weight excluding hydrogens is 470 g/mol. The van der Waals surface area contributed by atoms with Gasteiger partial charge in [0.15, 0.2) is 11.8 Å². The van der Waals surface area contributed by atoms with Crippen molar-refractivity contribution in [3.8, 4) is 17.2 Å². The first-order valence-corrected chi connectivity index (χ1v) is 11.7. The molecule has 9 nitrogen and oxygen atoms in total. The maximum atomic E-state index is 13.5. The SMILES string of the molecule is CCOC(=O)c1nn(-c2ccc(OC)cc2)c(=O)c2c(NC(=O)[C@H](C)Oc3ccccc3)scc12. The molecule has 2 aromatic carbocycles. The van der Waals surface area contributed by atoms with Gasteiger partial charge >= 0.3 is 5.97 Å². The molecule has 0 bridgehead atoms. The van der Waals surface area contributed by atoms with Crippen molar-refractivity contribution in [3.05, 3.63) is 76.0 Å². The normalized spacial score (nSPS) is 11.6. The Balaban J connectivity index is 1.75. The van der Waals surface area contributed by atoms with Gasteiger partial charge in [0.05, 0.1) is 24.8 Å². The van der Waals surface area contributed by atoms with Gasteiger partial charge in [-0.05, 0) is 50.2 Å². The van der Waals surface area contributed by atoms with Gasteiger partial charge < -0.3 is 19.5 Å². The fourth-order valence-corrected chi connectivity index (χ4v) is 4.30. The third-order valence-corrected chi connectivity index (χ3v) is 6.00. The van der Waals surface area contributed by atoms with Crippen LogP contribution in [0.2, 0.25) is 0 Å². The number of carbonyl (C=O) groups excluding carboxylic acids is 2. The molecule has 0 saturated carbocycles. The zero-order valence-corrected chi connectivity index (χ0v) is 20.1. The number of hydrogen-bond donors (Lipinski definition) is 1. The van der Waals surface area contributed by atoms with Gasteiger partial charge in [-0.1, -0.05) is 18.2 Å². The first kappa shape index (κ1) is 24.0. The first-order chi connectivity index (χ1) is 16.9. The fourth-order valence-electron chi connectivity index (χ4n) is 3.36.